The summed E-state index contributed by atoms with van der Waals surface area (Å²) in [5.74, 6) is 0.300. The second-order valence-electron chi connectivity index (χ2n) is 24.2. The van der Waals surface area contributed by atoms with Crippen molar-refractivity contribution in [2.75, 3.05) is 19.8 Å². The lowest BCUT2D eigenvalue weighted by molar-refractivity contribution is -0.389. The monoisotopic (exact) mass is 1050 g/mol. The fraction of sp³-hybridized carbons (Fsp3) is 1.00. The highest BCUT2D eigenvalue weighted by atomic mass is 16.8. The molecule has 9 aliphatic rings. The second-order valence-corrected chi connectivity index (χ2v) is 24.2. The Labute approximate surface area is 426 Å². The molecular formula is C51H86O22. The molecular weight excluding hydrogens is 965 g/mol. The SMILES string of the molecule is C[C@@H](CC[C@@]1(O)OC2CC3C4CCC5CC(OC6O[C@H](CO)[C@@H](OC7O[C@@H](C)[C@H](O)[C@@H](O)[C@H]7O)[C@H](O)[C@H]6O[C@H]6O[C@@H](C)[C@H](O)[C@@H](O)[C@H]6O)CCC5(C)C4CCC3(C)C2[C@@H]1C)COC1O[C@H](CO)[C@H](O)[C@H](O)[C@H]1O. The second kappa shape index (κ2) is 22.0. The van der Waals surface area contributed by atoms with Gasteiger partial charge in [0.1, 0.15) is 85.5 Å². The summed E-state index contributed by atoms with van der Waals surface area (Å²) in [6, 6.07) is 0. The van der Waals surface area contributed by atoms with Crippen LogP contribution in [0.1, 0.15) is 106 Å². The summed E-state index contributed by atoms with van der Waals surface area (Å²) in [4.78, 5) is 0. The van der Waals surface area contributed by atoms with Crippen molar-refractivity contribution in [3.05, 3.63) is 0 Å². The van der Waals surface area contributed by atoms with Gasteiger partial charge in [-0.15, -0.1) is 0 Å². The van der Waals surface area contributed by atoms with Crippen molar-refractivity contribution in [2.45, 2.75) is 247 Å². The highest BCUT2D eigenvalue weighted by molar-refractivity contribution is 5.15. The number of rotatable bonds is 14. The molecule has 12 unspecified atom stereocenters. The van der Waals surface area contributed by atoms with E-state index in [1.165, 1.54) is 13.8 Å². The largest absolute Gasteiger partial charge is 0.394 e. The Balaban J connectivity index is 0.830. The molecule has 4 saturated carbocycles. The van der Waals surface area contributed by atoms with E-state index in [0.29, 0.717) is 43.4 Å². The minimum Gasteiger partial charge on any atom is -0.394 e. The molecule has 73 heavy (non-hydrogen) atoms. The first-order valence-electron chi connectivity index (χ1n) is 27.1. The maximum atomic E-state index is 12.1. The predicted octanol–water partition coefficient (Wildman–Crippen LogP) is -1.90. The smallest absolute Gasteiger partial charge is 0.187 e. The van der Waals surface area contributed by atoms with E-state index < -0.39 is 142 Å². The average molecular weight is 1050 g/mol. The van der Waals surface area contributed by atoms with E-state index in [4.69, 9.17) is 42.6 Å². The molecule has 0 aromatic rings. The number of aliphatic hydroxyl groups excluding tert-OH is 12. The van der Waals surface area contributed by atoms with Crippen molar-refractivity contribution in [1.29, 1.82) is 0 Å². The molecule has 22 nitrogen and oxygen atoms in total. The van der Waals surface area contributed by atoms with Gasteiger partial charge in [0.15, 0.2) is 30.9 Å². The molecule has 0 radical (unpaired) electrons. The summed E-state index contributed by atoms with van der Waals surface area (Å²) >= 11 is 0. The van der Waals surface area contributed by atoms with E-state index in [-0.39, 0.29) is 53.3 Å². The van der Waals surface area contributed by atoms with Gasteiger partial charge in [0, 0.05) is 12.3 Å². The molecule has 0 amide bonds. The zero-order valence-electron chi connectivity index (χ0n) is 42.9. The zero-order valence-corrected chi connectivity index (χ0v) is 42.9. The quantitative estimate of drug-likeness (QED) is 0.0845. The molecule has 422 valence electrons. The minimum absolute atomic E-state index is 0.00150. The van der Waals surface area contributed by atoms with Crippen molar-refractivity contribution in [1.82, 2.24) is 0 Å². The Morgan fingerprint density at radius 3 is 1.77 bits per heavy atom. The van der Waals surface area contributed by atoms with Crippen LogP contribution in [0.4, 0.5) is 0 Å². The van der Waals surface area contributed by atoms with Crippen LogP contribution in [0.3, 0.4) is 0 Å². The molecule has 0 aromatic heterocycles. The number of hydrogen-bond acceptors (Lipinski definition) is 22. The summed E-state index contributed by atoms with van der Waals surface area (Å²) in [6.07, 6.45) is -21.1. The third-order valence-electron chi connectivity index (χ3n) is 20.0. The van der Waals surface area contributed by atoms with Crippen LogP contribution in [0.5, 0.6) is 0 Å². The standard InChI is InChI=1S/C51H86O22/c1-20(19-65-45-39(60)38(59)35(56)30(17-52)69-45)9-14-51(64)21(2)32-29(73-51)16-28-26-8-7-24-15-25(10-12-49(24,5)27(26)11-13-50(28,32)6)68-48-44(72-47-41(62)37(58)34(55)23(4)67-47)42(63)43(31(18-53)70-48)71-46-40(61)36(57)33(54)22(3)66-46/h20-48,52-64H,7-19H2,1-6H3/t20-,21-,22-,23-,24?,25?,26?,27?,28?,29?,30+,31+,32?,33-,34-,35-,36+,37+,38-,39+,40+,41+,42-,43+,44+,45?,46?,47+,48?,49?,50?,51+/m0/s1. The van der Waals surface area contributed by atoms with Crippen LogP contribution in [-0.4, -0.2) is 227 Å². The van der Waals surface area contributed by atoms with Gasteiger partial charge in [-0.2, -0.15) is 0 Å². The predicted molar refractivity (Wildman–Crippen MR) is 249 cm³/mol. The van der Waals surface area contributed by atoms with Gasteiger partial charge in [-0.3, -0.25) is 0 Å². The molecule has 4 aliphatic carbocycles. The van der Waals surface area contributed by atoms with E-state index >= 15 is 0 Å². The number of aliphatic hydroxyl groups is 13. The van der Waals surface area contributed by atoms with Crippen molar-refractivity contribution in [3.8, 4) is 0 Å². The van der Waals surface area contributed by atoms with Gasteiger partial charge in [0.05, 0.1) is 44.2 Å². The van der Waals surface area contributed by atoms with Crippen LogP contribution in [0.25, 0.3) is 0 Å². The number of hydrogen-bond donors (Lipinski definition) is 13. The first-order chi connectivity index (χ1) is 34.5. The Kier molecular flexibility index (Phi) is 17.1. The molecule has 9 rings (SSSR count). The van der Waals surface area contributed by atoms with Crippen molar-refractivity contribution >= 4 is 0 Å². The van der Waals surface area contributed by atoms with Gasteiger partial charge < -0.3 is 109 Å². The van der Waals surface area contributed by atoms with Gasteiger partial charge >= 0.3 is 0 Å². The van der Waals surface area contributed by atoms with Crippen LogP contribution in [0.2, 0.25) is 0 Å². The molecule has 9 fully saturated rings. The van der Waals surface area contributed by atoms with Crippen molar-refractivity contribution < 1.29 is 109 Å². The molecule has 0 bridgehead atoms. The maximum Gasteiger partial charge on any atom is 0.187 e. The van der Waals surface area contributed by atoms with E-state index in [9.17, 15) is 66.4 Å². The fourth-order valence-corrected chi connectivity index (χ4v) is 15.5. The molecule has 0 aromatic carbocycles. The maximum absolute atomic E-state index is 12.1. The van der Waals surface area contributed by atoms with Crippen LogP contribution >= 0.6 is 0 Å². The zero-order chi connectivity index (χ0) is 52.8. The topological polar surface area (TPSA) is 346 Å². The Bertz CT molecular complexity index is 1840. The van der Waals surface area contributed by atoms with Gasteiger partial charge in [-0.1, -0.05) is 27.7 Å². The highest BCUT2D eigenvalue weighted by Crippen LogP contribution is 2.71. The molecule has 5 heterocycles. The van der Waals surface area contributed by atoms with Crippen LogP contribution < -0.4 is 0 Å². The molecule has 0 spiro atoms. The summed E-state index contributed by atoms with van der Waals surface area (Å²) < 4.78 is 54.7. The third-order valence-corrected chi connectivity index (χ3v) is 20.0. The summed E-state index contributed by atoms with van der Waals surface area (Å²) in [5.41, 5.74) is -0.0281. The minimum atomic E-state index is -1.74. The molecule has 5 saturated heterocycles. The average Bonchev–Trinajstić information content (AvgIpc) is 3.80. The van der Waals surface area contributed by atoms with Gasteiger partial charge in [-0.05, 0) is 118 Å². The summed E-state index contributed by atoms with van der Waals surface area (Å²) in [6.45, 7) is 10.8. The Morgan fingerprint density at radius 1 is 0.562 bits per heavy atom. The lowest BCUT2D eigenvalue weighted by atomic mass is 9.44. The van der Waals surface area contributed by atoms with Crippen LogP contribution in [0.15, 0.2) is 0 Å². The van der Waals surface area contributed by atoms with E-state index in [1.807, 2.05) is 6.92 Å². The van der Waals surface area contributed by atoms with E-state index in [1.54, 1.807) is 0 Å². The van der Waals surface area contributed by atoms with E-state index in [2.05, 4.69) is 20.8 Å². The Morgan fingerprint density at radius 2 is 1.14 bits per heavy atom. The number of fused-ring (bicyclic) bond motifs is 7. The third kappa shape index (κ3) is 10.2. The first-order valence-corrected chi connectivity index (χ1v) is 27.1. The highest BCUT2D eigenvalue weighted by Gasteiger charge is 2.68. The van der Waals surface area contributed by atoms with Gasteiger partial charge in [0.25, 0.3) is 0 Å². The fourth-order valence-electron chi connectivity index (χ4n) is 15.5. The normalized spacial score (nSPS) is 56.6. The van der Waals surface area contributed by atoms with E-state index in [0.717, 1.165) is 38.5 Å². The molecule has 32 atom stereocenters. The summed E-state index contributed by atoms with van der Waals surface area (Å²) in [5, 5.41) is 139. The first kappa shape index (κ1) is 56.8. The summed E-state index contributed by atoms with van der Waals surface area (Å²) in [7, 11) is 0. The lowest BCUT2D eigenvalue weighted by Gasteiger charge is -2.61. The Hall–Kier alpha value is -0.880. The lowest BCUT2D eigenvalue weighted by Crippen LogP contribution is -2.66. The van der Waals surface area contributed by atoms with Gasteiger partial charge in [0.2, 0.25) is 0 Å². The van der Waals surface area contributed by atoms with Crippen molar-refractivity contribution in [2.24, 2.45) is 52.3 Å². The van der Waals surface area contributed by atoms with Crippen LogP contribution in [-0.2, 0) is 42.6 Å². The molecule has 13 N–H and O–H groups in total. The van der Waals surface area contributed by atoms with Crippen LogP contribution in [0, 0.1) is 52.3 Å². The van der Waals surface area contributed by atoms with Crippen molar-refractivity contribution in [3.63, 3.8) is 0 Å². The number of ether oxygens (including phenoxy) is 9. The molecule has 22 heteroatoms. The van der Waals surface area contributed by atoms with Gasteiger partial charge in [-0.25, -0.2) is 0 Å². The molecule has 5 aliphatic heterocycles.